The minimum Gasteiger partial charge on any atom is -0.352 e. The molecule has 0 unspecified atom stereocenters. The Labute approximate surface area is 173 Å². The summed E-state index contributed by atoms with van der Waals surface area (Å²) in [6.45, 7) is 1.17. The molecule has 3 aromatic rings. The summed E-state index contributed by atoms with van der Waals surface area (Å²) in [7, 11) is -3.25. The molecule has 1 aliphatic rings. The molecule has 2 aromatic heterocycles. The molecule has 1 aromatic carbocycles. The first-order valence-electron chi connectivity index (χ1n) is 9.64. The molecule has 0 aliphatic carbocycles. The molecule has 10 heteroatoms. The van der Waals surface area contributed by atoms with E-state index in [1.807, 2.05) is 6.07 Å². The van der Waals surface area contributed by atoms with E-state index in [9.17, 15) is 17.6 Å². The number of hydrogen-bond donors (Lipinski definition) is 1. The molecule has 3 heterocycles. The molecule has 1 atom stereocenters. The van der Waals surface area contributed by atoms with Gasteiger partial charge in [-0.3, -0.25) is 9.20 Å². The Morgan fingerprint density at radius 1 is 1.27 bits per heavy atom. The van der Waals surface area contributed by atoms with Gasteiger partial charge in [0.1, 0.15) is 11.6 Å². The number of pyridine rings is 1. The van der Waals surface area contributed by atoms with Crippen molar-refractivity contribution in [1.82, 2.24) is 24.2 Å². The lowest BCUT2D eigenvalue weighted by Gasteiger charge is -2.12. The van der Waals surface area contributed by atoms with Crippen LogP contribution in [0.15, 0.2) is 42.6 Å². The summed E-state index contributed by atoms with van der Waals surface area (Å²) in [5.74, 6) is 0.00878. The monoisotopic (exact) mass is 431 g/mol. The third-order valence-corrected chi connectivity index (χ3v) is 6.53. The topological polar surface area (TPSA) is 96.7 Å². The van der Waals surface area contributed by atoms with E-state index in [4.69, 9.17) is 0 Å². The van der Waals surface area contributed by atoms with Gasteiger partial charge in [0.25, 0.3) is 5.91 Å². The van der Waals surface area contributed by atoms with Crippen LogP contribution in [0.1, 0.15) is 34.1 Å². The van der Waals surface area contributed by atoms with Crippen LogP contribution in [0.3, 0.4) is 0 Å². The molecule has 0 spiro atoms. The molecule has 0 radical (unpaired) electrons. The molecule has 8 nitrogen and oxygen atoms in total. The van der Waals surface area contributed by atoms with Gasteiger partial charge in [-0.05, 0) is 42.7 Å². The smallest absolute Gasteiger partial charge is 0.252 e. The van der Waals surface area contributed by atoms with Crippen LogP contribution in [-0.4, -0.2) is 59.1 Å². The highest BCUT2D eigenvalue weighted by atomic mass is 32.2. The molecule has 158 valence electrons. The van der Waals surface area contributed by atoms with Gasteiger partial charge in [-0.15, -0.1) is 10.2 Å². The van der Waals surface area contributed by atoms with Crippen molar-refractivity contribution >= 4 is 21.6 Å². The van der Waals surface area contributed by atoms with Crippen LogP contribution in [0.4, 0.5) is 4.39 Å². The summed E-state index contributed by atoms with van der Waals surface area (Å²) in [6, 6.07) is 9.66. The van der Waals surface area contributed by atoms with Crippen LogP contribution in [0.25, 0.3) is 5.65 Å². The number of sulfonamides is 1. The van der Waals surface area contributed by atoms with Gasteiger partial charge in [0.05, 0.1) is 11.8 Å². The number of amides is 1. The molecule has 1 aliphatic heterocycles. The van der Waals surface area contributed by atoms with Crippen LogP contribution in [0.5, 0.6) is 0 Å². The second-order valence-corrected chi connectivity index (χ2v) is 9.43. The molecule has 4 rings (SSSR count). The largest absolute Gasteiger partial charge is 0.352 e. The average molecular weight is 431 g/mol. The van der Waals surface area contributed by atoms with E-state index in [2.05, 4.69) is 15.5 Å². The zero-order valence-corrected chi connectivity index (χ0v) is 17.3. The molecule has 1 fully saturated rings. The number of halogens is 1. The van der Waals surface area contributed by atoms with Crippen molar-refractivity contribution in [1.29, 1.82) is 0 Å². The van der Waals surface area contributed by atoms with Crippen LogP contribution < -0.4 is 5.32 Å². The van der Waals surface area contributed by atoms with Crippen molar-refractivity contribution in [3.63, 3.8) is 0 Å². The Hall–Kier alpha value is -2.85. The van der Waals surface area contributed by atoms with E-state index in [0.29, 0.717) is 49.5 Å². The fourth-order valence-corrected chi connectivity index (χ4v) is 4.56. The van der Waals surface area contributed by atoms with E-state index in [1.165, 1.54) is 22.7 Å². The van der Waals surface area contributed by atoms with E-state index in [-0.39, 0.29) is 17.6 Å². The quantitative estimate of drug-likeness (QED) is 0.639. The predicted octanol–water partition coefficient (Wildman–Crippen LogP) is 1.59. The van der Waals surface area contributed by atoms with Gasteiger partial charge in [0.15, 0.2) is 5.65 Å². The second kappa shape index (κ2) is 8.11. The van der Waals surface area contributed by atoms with E-state index in [0.717, 1.165) is 5.56 Å². The number of carbonyl (C=O) groups is 1. The third kappa shape index (κ3) is 4.34. The first kappa shape index (κ1) is 20.4. The maximum absolute atomic E-state index is 13.3. The number of aromatic nitrogens is 3. The first-order valence-corrected chi connectivity index (χ1v) is 11.5. The molecule has 1 saturated heterocycles. The number of fused-ring (bicyclic) bond motifs is 1. The van der Waals surface area contributed by atoms with Crippen molar-refractivity contribution in [2.75, 3.05) is 25.9 Å². The molecule has 0 bridgehead atoms. The Bertz CT molecular complexity index is 1190. The SMILES string of the molecule is CS(=O)(=O)N1CC[C@@H](c2nnc3ccc(C(=O)NCCc4cccc(F)c4)cn23)C1. The van der Waals surface area contributed by atoms with Gasteiger partial charge >= 0.3 is 0 Å². The lowest BCUT2D eigenvalue weighted by Crippen LogP contribution is -2.27. The van der Waals surface area contributed by atoms with Crippen molar-refractivity contribution in [2.24, 2.45) is 0 Å². The average Bonchev–Trinajstić information content (AvgIpc) is 3.34. The molecule has 0 saturated carbocycles. The maximum atomic E-state index is 13.3. The lowest BCUT2D eigenvalue weighted by molar-refractivity contribution is 0.0953. The molecular formula is C20H22FN5O3S. The molecule has 30 heavy (non-hydrogen) atoms. The summed E-state index contributed by atoms with van der Waals surface area (Å²) >= 11 is 0. The summed E-state index contributed by atoms with van der Waals surface area (Å²) in [6.07, 6.45) is 4.04. The first-order chi connectivity index (χ1) is 14.3. The lowest BCUT2D eigenvalue weighted by atomic mass is 10.1. The number of hydrogen-bond acceptors (Lipinski definition) is 5. The Kier molecular flexibility index (Phi) is 5.52. The number of rotatable bonds is 6. The van der Waals surface area contributed by atoms with Gasteiger partial charge in [-0.1, -0.05) is 12.1 Å². The van der Waals surface area contributed by atoms with Crippen molar-refractivity contribution in [3.05, 3.63) is 65.4 Å². The molecular weight excluding hydrogens is 409 g/mol. The highest BCUT2D eigenvalue weighted by Crippen LogP contribution is 2.27. The van der Waals surface area contributed by atoms with E-state index in [1.54, 1.807) is 28.8 Å². The van der Waals surface area contributed by atoms with E-state index >= 15 is 0 Å². The molecule has 1 N–H and O–H groups in total. The summed E-state index contributed by atoms with van der Waals surface area (Å²) in [5.41, 5.74) is 1.85. The van der Waals surface area contributed by atoms with Gasteiger partial charge < -0.3 is 5.32 Å². The van der Waals surface area contributed by atoms with Crippen molar-refractivity contribution in [2.45, 2.75) is 18.8 Å². The minimum absolute atomic E-state index is 0.0824. The summed E-state index contributed by atoms with van der Waals surface area (Å²) in [5, 5.41) is 11.2. The second-order valence-electron chi connectivity index (χ2n) is 7.45. The Morgan fingerprint density at radius 3 is 2.83 bits per heavy atom. The predicted molar refractivity (Wildman–Crippen MR) is 109 cm³/mol. The molecule has 1 amide bonds. The van der Waals surface area contributed by atoms with Crippen LogP contribution in [0.2, 0.25) is 0 Å². The third-order valence-electron chi connectivity index (χ3n) is 5.26. The number of benzene rings is 1. The minimum atomic E-state index is -3.25. The van der Waals surface area contributed by atoms with Gasteiger partial charge in [-0.25, -0.2) is 17.1 Å². The van der Waals surface area contributed by atoms with Gasteiger partial charge in [-0.2, -0.15) is 0 Å². The van der Waals surface area contributed by atoms with Crippen molar-refractivity contribution in [3.8, 4) is 0 Å². The standard InChI is InChI=1S/C20H22FN5O3S/c1-30(28,29)25-10-8-15(12-25)19-24-23-18-6-5-16(13-26(18)19)20(27)22-9-7-14-3-2-4-17(21)11-14/h2-6,11,13,15H,7-10,12H2,1H3,(H,22,27)/t15-/m1/s1. The Morgan fingerprint density at radius 2 is 2.10 bits per heavy atom. The highest BCUT2D eigenvalue weighted by Gasteiger charge is 2.32. The van der Waals surface area contributed by atoms with Gasteiger partial charge in [0.2, 0.25) is 10.0 Å². The van der Waals surface area contributed by atoms with E-state index < -0.39 is 10.0 Å². The number of nitrogens with one attached hydrogen (secondary N) is 1. The fourth-order valence-electron chi connectivity index (χ4n) is 3.68. The summed E-state index contributed by atoms with van der Waals surface area (Å²) < 4.78 is 40.0. The normalized spacial score (nSPS) is 17.5. The highest BCUT2D eigenvalue weighted by molar-refractivity contribution is 7.88. The van der Waals surface area contributed by atoms with Crippen LogP contribution >= 0.6 is 0 Å². The van der Waals surface area contributed by atoms with Crippen LogP contribution in [-0.2, 0) is 16.4 Å². The van der Waals surface area contributed by atoms with Crippen molar-refractivity contribution < 1.29 is 17.6 Å². The number of nitrogens with zero attached hydrogens (tertiary/aromatic N) is 4. The van der Waals surface area contributed by atoms with Crippen LogP contribution in [0, 0.1) is 5.82 Å². The van der Waals surface area contributed by atoms with Gasteiger partial charge in [0, 0.05) is 31.7 Å². The maximum Gasteiger partial charge on any atom is 0.252 e. The number of carbonyl (C=O) groups excluding carboxylic acids is 1. The zero-order chi connectivity index (χ0) is 21.3. The summed E-state index contributed by atoms with van der Waals surface area (Å²) in [4.78, 5) is 12.6. The zero-order valence-electron chi connectivity index (χ0n) is 16.5. The Balaban J connectivity index is 1.46. The fraction of sp³-hybridized carbons (Fsp3) is 0.350.